The molecule has 1 aliphatic rings. The van der Waals surface area contributed by atoms with E-state index >= 15 is 0 Å². The number of pyridine rings is 1. The lowest BCUT2D eigenvalue weighted by atomic mass is 10.2. The molecule has 33 heavy (non-hydrogen) atoms. The molecule has 1 aromatic carbocycles. The van der Waals surface area contributed by atoms with Crippen molar-refractivity contribution in [1.82, 2.24) is 15.2 Å². The van der Waals surface area contributed by atoms with Crippen LogP contribution in [0, 0.1) is 0 Å². The molecule has 3 heterocycles. The van der Waals surface area contributed by atoms with Crippen molar-refractivity contribution in [1.29, 1.82) is 0 Å². The Morgan fingerprint density at radius 3 is 2.48 bits per heavy atom. The minimum atomic E-state index is -0.269. The van der Waals surface area contributed by atoms with E-state index in [1.807, 2.05) is 0 Å². The molecule has 0 unspecified atom stereocenters. The van der Waals surface area contributed by atoms with Crippen LogP contribution in [0.3, 0.4) is 0 Å². The highest BCUT2D eigenvalue weighted by Gasteiger charge is 2.18. The number of carbonyl (C=O) groups is 1. The molecule has 0 spiro atoms. The summed E-state index contributed by atoms with van der Waals surface area (Å²) < 4.78 is 27.1. The highest BCUT2D eigenvalue weighted by atomic mass is 16.5. The number of hydrogen-bond acceptors (Lipinski definition) is 9. The number of hydrogen-bond donors (Lipinski definition) is 2. The van der Waals surface area contributed by atoms with Crippen LogP contribution in [0.4, 0.5) is 11.5 Å². The largest absolute Gasteiger partial charge is 0.493 e. The van der Waals surface area contributed by atoms with Crippen molar-refractivity contribution in [2.75, 3.05) is 66.0 Å². The van der Waals surface area contributed by atoms with Crippen LogP contribution in [0.2, 0.25) is 0 Å². The summed E-state index contributed by atoms with van der Waals surface area (Å²) in [6.45, 7) is 4.47. The number of fused-ring (bicyclic) bond motifs is 1. The number of nitrogens with one attached hydrogen (secondary N) is 2. The van der Waals surface area contributed by atoms with Gasteiger partial charge in [0.25, 0.3) is 5.91 Å². The zero-order valence-electron chi connectivity index (χ0n) is 19.0. The molecule has 0 bridgehead atoms. The number of rotatable bonds is 9. The second-order valence-corrected chi connectivity index (χ2v) is 7.44. The highest BCUT2D eigenvalue weighted by molar-refractivity contribution is 5.99. The minimum Gasteiger partial charge on any atom is -0.493 e. The van der Waals surface area contributed by atoms with Gasteiger partial charge in [-0.05, 0) is 6.07 Å². The molecular weight excluding hydrogens is 428 g/mol. The number of ether oxygens (including phenoxy) is 4. The van der Waals surface area contributed by atoms with E-state index in [2.05, 4.69) is 20.5 Å². The molecule has 1 saturated heterocycles. The van der Waals surface area contributed by atoms with Crippen LogP contribution in [0.25, 0.3) is 11.0 Å². The first-order valence-electron chi connectivity index (χ1n) is 10.7. The Bertz CT molecular complexity index is 1080. The smallest absolute Gasteiger partial charge is 0.270 e. The number of methoxy groups -OCH3 is 3. The highest BCUT2D eigenvalue weighted by Crippen LogP contribution is 2.41. The quantitative estimate of drug-likeness (QED) is 0.502. The fourth-order valence-electron chi connectivity index (χ4n) is 3.71. The Kier molecular flexibility index (Phi) is 7.16. The first-order valence-corrected chi connectivity index (χ1v) is 10.7. The van der Waals surface area contributed by atoms with Gasteiger partial charge < -0.3 is 34.0 Å². The lowest BCUT2D eigenvalue weighted by Gasteiger charge is -2.26. The molecule has 10 heteroatoms. The summed E-state index contributed by atoms with van der Waals surface area (Å²) >= 11 is 0. The normalized spacial score (nSPS) is 14.2. The predicted octanol–water partition coefficient (Wildman–Crippen LogP) is 2.66. The topological polar surface area (TPSA) is 107 Å². The van der Waals surface area contributed by atoms with Gasteiger partial charge in [0, 0.05) is 50.1 Å². The van der Waals surface area contributed by atoms with Crippen LogP contribution in [-0.4, -0.2) is 76.5 Å². The second kappa shape index (κ2) is 10.4. The number of nitrogens with zero attached hydrogens (tertiary/aromatic N) is 2. The van der Waals surface area contributed by atoms with Crippen LogP contribution >= 0.6 is 0 Å². The number of amides is 1. The predicted molar refractivity (Wildman–Crippen MR) is 123 cm³/mol. The SMILES string of the molecule is COc1cc(Nc2nc(C(=O)NCCN3CCOCC3)cc3occc23)cc(OC)c1OC. The molecule has 2 N–H and O–H groups in total. The summed E-state index contributed by atoms with van der Waals surface area (Å²) in [4.78, 5) is 19.6. The second-order valence-electron chi connectivity index (χ2n) is 7.44. The van der Waals surface area contributed by atoms with Gasteiger partial charge in [-0.3, -0.25) is 9.69 Å². The van der Waals surface area contributed by atoms with Crippen LogP contribution in [0.1, 0.15) is 10.5 Å². The van der Waals surface area contributed by atoms with Gasteiger partial charge in [0.1, 0.15) is 17.1 Å². The van der Waals surface area contributed by atoms with Gasteiger partial charge >= 0.3 is 0 Å². The van der Waals surface area contributed by atoms with Gasteiger partial charge in [-0.2, -0.15) is 0 Å². The Morgan fingerprint density at radius 1 is 1.09 bits per heavy atom. The molecule has 4 rings (SSSR count). The molecule has 0 atom stereocenters. The number of carbonyl (C=O) groups excluding carboxylic acids is 1. The monoisotopic (exact) mass is 456 g/mol. The molecule has 10 nitrogen and oxygen atoms in total. The third kappa shape index (κ3) is 5.12. The van der Waals surface area contributed by atoms with E-state index in [4.69, 9.17) is 23.4 Å². The lowest BCUT2D eigenvalue weighted by molar-refractivity contribution is 0.0383. The first kappa shape index (κ1) is 22.7. The van der Waals surface area contributed by atoms with Gasteiger partial charge in [-0.1, -0.05) is 0 Å². The maximum Gasteiger partial charge on any atom is 0.270 e. The summed E-state index contributed by atoms with van der Waals surface area (Å²) in [7, 11) is 4.65. The van der Waals surface area contributed by atoms with Gasteiger partial charge in [0.05, 0.1) is 46.2 Å². The molecule has 0 radical (unpaired) electrons. The van der Waals surface area contributed by atoms with Gasteiger partial charge in [0.2, 0.25) is 5.75 Å². The molecule has 0 saturated carbocycles. The summed E-state index contributed by atoms with van der Waals surface area (Å²) in [5, 5.41) is 6.93. The van der Waals surface area contributed by atoms with Crippen molar-refractivity contribution in [3.8, 4) is 17.2 Å². The van der Waals surface area contributed by atoms with Crippen molar-refractivity contribution in [2.45, 2.75) is 0 Å². The number of aromatic nitrogens is 1. The van der Waals surface area contributed by atoms with Crippen molar-refractivity contribution in [3.63, 3.8) is 0 Å². The van der Waals surface area contributed by atoms with E-state index in [1.165, 1.54) is 0 Å². The number of morpholine rings is 1. The maximum absolute atomic E-state index is 12.8. The molecule has 176 valence electrons. The Hall–Kier alpha value is -3.50. The van der Waals surface area contributed by atoms with Crippen molar-refractivity contribution in [3.05, 3.63) is 36.2 Å². The summed E-state index contributed by atoms with van der Waals surface area (Å²) in [6.07, 6.45) is 1.56. The van der Waals surface area contributed by atoms with E-state index in [1.54, 1.807) is 51.9 Å². The standard InChI is InChI=1S/C23H28N4O6/c1-29-19-12-15(13-20(30-2)21(19)31-3)25-22-16-4-9-33-18(16)14-17(26-22)23(28)24-5-6-27-7-10-32-11-8-27/h4,9,12-14H,5-8,10-11H2,1-3H3,(H,24,28)(H,25,26). The Morgan fingerprint density at radius 2 is 1.82 bits per heavy atom. The fraction of sp³-hybridized carbons (Fsp3) is 0.391. The van der Waals surface area contributed by atoms with E-state index in [-0.39, 0.29) is 11.6 Å². The number of benzene rings is 1. The first-order chi connectivity index (χ1) is 16.1. The molecule has 1 amide bonds. The van der Waals surface area contributed by atoms with E-state index in [9.17, 15) is 4.79 Å². The van der Waals surface area contributed by atoms with Gasteiger partial charge in [-0.15, -0.1) is 0 Å². The van der Waals surface area contributed by atoms with Crippen molar-refractivity contribution in [2.24, 2.45) is 0 Å². The molecule has 0 aliphatic carbocycles. The lowest BCUT2D eigenvalue weighted by Crippen LogP contribution is -2.41. The Balaban J connectivity index is 1.54. The van der Waals surface area contributed by atoms with Crippen LogP contribution in [-0.2, 0) is 4.74 Å². The molecule has 1 fully saturated rings. The summed E-state index contributed by atoms with van der Waals surface area (Å²) in [5.74, 6) is 1.70. The third-order valence-corrected chi connectivity index (χ3v) is 5.43. The third-order valence-electron chi connectivity index (χ3n) is 5.43. The summed E-state index contributed by atoms with van der Waals surface area (Å²) in [6, 6.07) is 6.97. The Labute approximate surface area is 191 Å². The zero-order chi connectivity index (χ0) is 23.2. The van der Waals surface area contributed by atoms with Crippen molar-refractivity contribution < 1.29 is 28.2 Å². The van der Waals surface area contributed by atoms with E-state index < -0.39 is 0 Å². The van der Waals surface area contributed by atoms with Crippen LogP contribution < -0.4 is 24.8 Å². The summed E-state index contributed by atoms with van der Waals surface area (Å²) in [5.41, 5.74) is 1.47. The molecule has 2 aromatic heterocycles. The van der Waals surface area contributed by atoms with Crippen molar-refractivity contribution >= 4 is 28.4 Å². The minimum absolute atomic E-state index is 0.259. The number of anilines is 2. The molecular formula is C23H28N4O6. The fourth-order valence-corrected chi connectivity index (χ4v) is 3.71. The van der Waals surface area contributed by atoms with Crippen LogP contribution in [0.5, 0.6) is 17.2 Å². The maximum atomic E-state index is 12.8. The number of furan rings is 1. The van der Waals surface area contributed by atoms with E-state index in [0.29, 0.717) is 40.9 Å². The molecule has 3 aromatic rings. The average molecular weight is 456 g/mol. The van der Waals surface area contributed by atoms with Gasteiger partial charge in [-0.25, -0.2) is 4.98 Å². The van der Waals surface area contributed by atoms with Crippen LogP contribution in [0.15, 0.2) is 34.9 Å². The average Bonchev–Trinajstić information content (AvgIpc) is 3.33. The van der Waals surface area contributed by atoms with E-state index in [0.717, 1.165) is 38.2 Å². The zero-order valence-corrected chi connectivity index (χ0v) is 19.0. The van der Waals surface area contributed by atoms with Gasteiger partial charge in [0.15, 0.2) is 11.5 Å². The molecule has 1 aliphatic heterocycles.